The number of H-pyrrole nitrogens is 1. The van der Waals surface area contributed by atoms with Crippen molar-refractivity contribution in [3.63, 3.8) is 0 Å². The zero-order valence-electron chi connectivity index (χ0n) is 13.7. The molecule has 24 heavy (non-hydrogen) atoms. The van der Waals surface area contributed by atoms with Gasteiger partial charge in [-0.3, -0.25) is 14.9 Å². The minimum absolute atomic E-state index is 0.172. The van der Waals surface area contributed by atoms with Crippen LogP contribution in [0, 0.1) is 6.92 Å². The van der Waals surface area contributed by atoms with Crippen LogP contribution in [-0.2, 0) is 10.5 Å². The Hall–Kier alpha value is -1.39. The number of nitrogens with zero attached hydrogens (tertiary/aromatic N) is 3. The highest BCUT2D eigenvalue weighted by Crippen LogP contribution is 2.24. The van der Waals surface area contributed by atoms with Crippen LogP contribution in [0.4, 0.5) is 5.13 Å². The first-order valence-corrected chi connectivity index (χ1v) is 10.3. The zero-order valence-corrected chi connectivity index (χ0v) is 16.1. The Morgan fingerprint density at radius 2 is 2.21 bits per heavy atom. The fraction of sp³-hybridized carbons (Fsp3) is 0.500. The summed E-state index contributed by atoms with van der Waals surface area (Å²) in [4.78, 5) is 31.3. The average Bonchev–Trinajstić information content (AvgIpc) is 2.95. The number of aromatic nitrogens is 4. The van der Waals surface area contributed by atoms with Crippen molar-refractivity contribution in [3.05, 3.63) is 27.1 Å². The first kappa shape index (κ1) is 18.9. The van der Waals surface area contributed by atoms with E-state index in [0.717, 1.165) is 16.5 Å². The quantitative estimate of drug-likeness (QED) is 0.532. The lowest BCUT2D eigenvalue weighted by atomic mass is 10.3. The average molecular weight is 386 g/mol. The van der Waals surface area contributed by atoms with Gasteiger partial charge in [0.2, 0.25) is 11.0 Å². The maximum Gasteiger partial charge on any atom is 0.251 e. The molecule has 0 aromatic carbocycles. The molecule has 7 nitrogen and oxygen atoms in total. The normalized spacial score (nSPS) is 12.1. The first-order valence-electron chi connectivity index (χ1n) is 7.47. The van der Waals surface area contributed by atoms with Crippen molar-refractivity contribution in [2.24, 2.45) is 0 Å². The lowest BCUT2D eigenvalue weighted by Crippen LogP contribution is -2.25. The van der Waals surface area contributed by atoms with Crippen LogP contribution < -0.4 is 10.9 Å². The van der Waals surface area contributed by atoms with E-state index in [2.05, 4.69) is 32.4 Å². The van der Waals surface area contributed by atoms with E-state index in [-0.39, 0.29) is 16.7 Å². The molecule has 1 unspecified atom stereocenters. The SMILES string of the molecule is CCSCc1cc(=O)[nH]c(SC(CC)C(=O)Nc2nnc(C)s2)n1. The Balaban J connectivity index is 2.07. The maximum atomic E-state index is 12.4. The van der Waals surface area contributed by atoms with Gasteiger partial charge in [-0.05, 0) is 19.1 Å². The number of thioether (sulfide) groups is 2. The van der Waals surface area contributed by atoms with Gasteiger partial charge in [-0.1, -0.05) is 36.9 Å². The van der Waals surface area contributed by atoms with Gasteiger partial charge in [-0.15, -0.1) is 10.2 Å². The zero-order chi connectivity index (χ0) is 17.5. The summed E-state index contributed by atoms with van der Waals surface area (Å²) in [7, 11) is 0. The molecule has 0 bridgehead atoms. The summed E-state index contributed by atoms with van der Waals surface area (Å²) in [6, 6.07) is 1.50. The number of anilines is 1. The molecule has 2 N–H and O–H groups in total. The number of carbonyl (C=O) groups is 1. The fourth-order valence-electron chi connectivity index (χ4n) is 1.81. The Labute approximate surface area is 152 Å². The number of rotatable bonds is 8. The summed E-state index contributed by atoms with van der Waals surface area (Å²) in [5.74, 6) is 1.47. The number of hydrogen-bond donors (Lipinski definition) is 2. The summed E-state index contributed by atoms with van der Waals surface area (Å²) in [5, 5.41) is 11.9. The third-order valence-corrected chi connectivity index (χ3v) is 5.81. The molecule has 130 valence electrons. The van der Waals surface area contributed by atoms with Crippen LogP contribution in [0.15, 0.2) is 16.0 Å². The van der Waals surface area contributed by atoms with Gasteiger partial charge >= 0.3 is 0 Å². The third-order valence-electron chi connectivity index (χ3n) is 2.90. The molecule has 2 rings (SSSR count). The lowest BCUT2D eigenvalue weighted by molar-refractivity contribution is -0.115. The van der Waals surface area contributed by atoms with E-state index in [0.29, 0.717) is 22.5 Å². The topological polar surface area (TPSA) is 101 Å². The minimum Gasteiger partial charge on any atom is -0.301 e. The van der Waals surface area contributed by atoms with Gasteiger partial charge in [0, 0.05) is 11.8 Å². The van der Waals surface area contributed by atoms with E-state index in [1.165, 1.54) is 29.2 Å². The van der Waals surface area contributed by atoms with Gasteiger partial charge < -0.3 is 4.98 Å². The molecule has 0 spiro atoms. The minimum atomic E-state index is -0.369. The van der Waals surface area contributed by atoms with Gasteiger partial charge in [0.25, 0.3) is 5.56 Å². The Morgan fingerprint density at radius 3 is 2.83 bits per heavy atom. The van der Waals surface area contributed by atoms with Crippen molar-refractivity contribution >= 4 is 45.9 Å². The van der Waals surface area contributed by atoms with E-state index in [4.69, 9.17) is 0 Å². The molecule has 0 fully saturated rings. The van der Waals surface area contributed by atoms with Crippen LogP contribution in [0.5, 0.6) is 0 Å². The van der Waals surface area contributed by atoms with E-state index >= 15 is 0 Å². The van der Waals surface area contributed by atoms with Crippen molar-refractivity contribution in [2.45, 2.75) is 43.4 Å². The standard InChI is InChI=1S/C14H19N5O2S3/c1-4-10(12(21)17-14-19-18-8(3)23-14)24-13-15-9(7-22-5-2)6-11(20)16-13/h6,10H,4-5,7H2,1-3H3,(H,15,16,20)(H,17,19,21). The number of aryl methyl sites for hydroxylation is 1. The number of nitrogens with one attached hydrogen (secondary N) is 2. The highest BCUT2D eigenvalue weighted by Gasteiger charge is 2.21. The summed E-state index contributed by atoms with van der Waals surface area (Å²) in [5.41, 5.74) is 0.525. The van der Waals surface area contributed by atoms with Crippen LogP contribution in [0.1, 0.15) is 31.0 Å². The van der Waals surface area contributed by atoms with Crippen LogP contribution in [-0.4, -0.2) is 37.1 Å². The van der Waals surface area contributed by atoms with Crippen LogP contribution in [0.2, 0.25) is 0 Å². The van der Waals surface area contributed by atoms with E-state index < -0.39 is 0 Å². The smallest absolute Gasteiger partial charge is 0.251 e. The van der Waals surface area contributed by atoms with Crippen molar-refractivity contribution in [3.8, 4) is 0 Å². The van der Waals surface area contributed by atoms with Gasteiger partial charge in [-0.2, -0.15) is 11.8 Å². The van der Waals surface area contributed by atoms with E-state index in [9.17, 15) is 9.59 Å². The van der Waals surface area contributed by atoms with Crippen molar-refractivity contribution in [2.75, 3.05) is 11.1 Å². The monoisotopic (exact) mass is 385 g/mol. The Bertz CT molecular complexity index is 746. The molecule has 0 saturated heterocycles. The first-order chi connectivity index (χ1) is 11.5. The second-order valence-corrected chi connectivity index (χ2v) is 8.46. The predicted octanol–water partition coefficient (Wildman–Crippen LogP) is 2.69. The second-order valence-electron chi connectivity index (χ2n) is 4.81. The molecule has 0 saturated carbocycles. The van der Waals surface area contributed by atoms with Crippen LogP contribution in [0.3, 0.4) is 0 Å². The van der Waals surface area contributed by atoms with Crippen LogP contribution in [0.25, 0.3) is 0 Å². The maximum absolute atomic E-state index is 12.4. The number of aromatic amines is 1. The number of amides is 1. The molecular weight excluding hydrogens is 366 g/mol. The Morgan fingerprint density at radius 1 is 1.42 bits per heavy atom. The van der Waals surface area contributed by atoms with Gasteiger partial charge in [0.05, 0.1) is 10.9 Å². The molecule has 0 aliphatic rings. The molecule has 1 amide bonds. The summed E-state index contributed by atoms with van der Waals surface area (Å²) in [6.45, 7) is 5.80. The van der Waals surface area contributed by atoms with Gasteiger partial charge in [0.15, 0.2) is 5.16 Å². The second kappa shape index (κ2) is 9.19. The van der Waals surface area contributed by atoms with Crippen LogP contribution >= 0.6 is 34.9 Å². The van der Waals surface area contributed by atoms with Crippen molar-refractivity contribution in [1.82, 2.24) is 20.2 Å². The number of carbonyl (C=O) groups excluding carboxylic acids is 1. The molecule has 10 heteroatoms. The van der Waals surface area contributed by atoms with E-state index in [1.807, 2.05) is 13.8 Å². The molecular formula is C14H19N5O2S3. The van der Waals surface area contributed by atoms with Crippen molar-refractivity contribution < 1.29 is 4.79 Å². The highest BCUT2D eigenvalue weighted by atomic mass is 32.2. The largest absolute Gasteiger partial charge is 0.301 e. The highest BCUT2D eigenvalue weighted by molar-refractivity contribution is 8.00. The number of hydrogen-bond acceptors (Lipinski definition) is 8. The van der Waals surface area contributed by atoms with E-state index in [1.54, 1.807) is 11.8 Å². The van der Waals surface area contributed by atoms with Crippen molar-refractivity contribution in [1.29, 1.82) is 0 Å². The molecule has 2 aromatic heterocycles. The predicted molar refractivity (Wildman–Crippen MR) is 99.9 cm³/mol. The fourth-order valence-corrected chi connectivity index (χ4v) is 3.90. The lowest BCUT2D eigenvalue weighted by Gasteiger charge is -2.13. The summed E-state index contributed by atoms with van der Waals surface area (Å²) in [6.07, 6.45) is 0.603. The molecule has 0 radical (unpaired) electrons. The van der Waals surface area contributed by atoms with Gasteiger partial charge in [0.1, 0.15) is 5.01 Å². The summed E-state index contributed by atoms with van der Waals surface area (Å²) >= 11 is 4.27. The molecule has 2 aromatic rings. The molecule has 2 heterocycles. The molecule has 0 aliphatic heterocycles. The van der Waals surface area contributed by atoms with Gasteiger partial charge in [-0.25, -0.2) is 4.98 Å². The third kappa shape index (κ3) is 5.60. The summed E-state index contributed by atoms with van der Waals surface area (Å²) < 4.78 is 0. The molecule has 1 atom stereocenters. The molecule has 0 aliphatic carbocycles. The Kier molecular flexibility index (Phi) is 7.25.